The molecule has 5 heteroatoms. The van der Waals surface area contributed by atoms with Crippen molar-refractivity contribution >= 4 is 11.8 Å². The van der Waals surface area contributed by atoms with Gasteiger partial charge >= 0.3 is 0 Å². The highest BCUT2D eigenvalue weighted by Crippen LogP contribution is 2.32. The molecule has 5 nitrogen and oxygen atoms in total. The van der Waals surface area contributed by atoms with E-state index in [1.807, 2.05) is 19.9 Å². The topological polar surface area (TPSA) is 66.1 Å². The van der Waals surface area contributed by atoms with Crippen molar-refractivity contribution in [3.8, 4) is 0 Å². The summed E-state index contributed by atoms with van der Waals surface area (Å²) in [4.78, 5) is 33.5. The Morgan fingerprint density at radius 2 is 2.00 bits per heavy atom. The monoisotopic (exact) mass is 269 g/mol. The molecule has 0 bridgehead atoms. The maximum atomic E-state index is 12.5. The van der Waals surface area contributed by atoms with Gasteiger partial charge in [-0.25, -0.2) is 4.98 Å². The molecule has 2 aromatic rings. The van der Waals surface area contributed by atoms with Crippen LogP contribution in [0.5, 0.6) is 0 Å². The number of nitrogens with one attached hydrogen (secondary N) is 1. The predicted octanol–water partition coefficient (Wildman–Crippen LogP) is 2.47. The van der Waals surface area contributed by atoms with E-state index in [1.165, 1.54) is 4.90 Å². The number of carbonyl (C=O) groups is 2. The Bertz CT molecular complexity index is 676. The number of H-pyrrole nitrogens is 1. The van der Waals surface area contributed by atoms with E-state index in [-0.39, 0.29) is 17.9 Å². The summed E-state index contributed by atoms with van der Waals surface area (Å²) in [5, 5.41) is 0. The summed E-state index contributed by atoms with van der Waals surface area (Å²) in [7, 11) is 0. The molecule has 1 aliphatic rings. The van der Waals surface area contributed by atoms with Gasteiger partial charge in [0.15, 0.2) is 0 Å². The van der Waals surface area contributed by atoms with Crippen molar-refractivity contribution < 1.29 is 9.59 Å². The summed E-state index contributed by atoms with van der Waals surface area (Å²) >= 11 is 0. The fraction of sp³-hybridized carbons (Fsp3) is 0.267. The Hall–Kier alpha value is -2.43. The Balaban J connectivity index is 2.05. The number of imide groups is 1. The maximum absolute atomic E-state index is 12.5. The molecule has 3 rings (SSSR count). The second-order valence-electron chi connectivity index (χ2n) is 4.93. The third-order valence-electron chi connectivity index (χ3n) is 3.61. The minimum Gasteiger partial charge on any atom is -0.347 e. The number of aromatic nitrogens is 2. The molecule has 1 N–H and O–H groups in total. The molecule has 0 saturated carbocycles. The molecule has 1 aliphatic heterocycles. The first kappa shape index (κ1) is 12.6. The fourth-order valence-corrected chi connectivity index (χ4v) is 2.61. The van der Waals surface area contributed by atoms with Gasteiger partial charge in [-0.05, 0) is 25.5 Å². The Kier molecular flexibility index (Phi) is 2.89. The quantitative estimate of drug-likeness (QED) is 0.870. The van der Waals surface area contributed by atoms with Crippen LogP contribution in [0.3, 0.4) is 0 Å². The zero-order valence-electron chi connectivity index (χ0n) is 11.4. The van der Waals surface area contributed by atoms with Gasteiger partial charge in [-0.2, -0.15) is 0 Å². The number of rotatable bonds is 3. The zero-order valence-corrected chi connectivity index (χ0v) is 11.4. The number of hydrogen-bond donors (Lipinski definition) is 1. The molecule has 0 saturated heterocycles. The second kappa shape index (κ2) is 4.59. The number of carbonyl (C=O) groups excluding carboxylic acids is 2. The standard InChI is InChI=1S/C15H15N3O2/c1-3-12(13-16-6-7-17-13)18-14(19)10-5-4-9(2)8-11(10)15(18)20/h4-8,12H,3H2,1-2H3,(H,16,17). The van der Waals surface area contributed by atoms with Crippen LogP contribution in [0.15, 0.2) is 30.6 Å². The van der Waals surface area contributed by atoms with Crippen LogP contribution in [0.4, 0.5) is 0 Å². The SMILES string of the molecule is CCC(c1ncc[nH]1)N1C(=O)c2ccc(C)cc2C1=O. The van der Waals surface area contributed by atoms with E-state index < -0.39 is 0 Å². The minimum absolute atomic E-state index is 0.239. The van der Waals surface area contributed by atoms with Gasteiger partial charge in [0, 0.05) is 12.4 Å². The van der Waals surface area contributed by atoms with Gasteiger partial charge in [0.25, 0.3) is 11.8 Å². The number of aromatic amines is 1. The summed E-state index contributed by atoms with van der Waals surface area (Å²) in [6, 6.07) is 4.99. The number of nitrogens with zero attached hydrogens (tertiary/aromatic N) is 2. The van der Waals surface area contributed by atoms with Gasteiger partial charge in [0.1, 0.15) is 5.82 Å². The predicted molar refractivity (Wildman–Crippen MR) is 73.3 cm³/mol. The van der Waals surface area contributed by atoms with Gasteiger partial charge in [-0.3, -0.25) is 14.5 Å². The normalized spacial score (nSPS) is 15.6. The van der Waals surface area contributed by atoms with E-state index in [4.69, 9.17) is 0 Å². The van der Waals surface area contributed by atoms with Crippen molar-refractivity contribution in [3.05, 3.63) is 53.1 Å². The van der Waals surface area contributed by atoms with Gasteiger partial charge in [0.2, 0.25) is 0 Å². The van der Waals surface area contributed by atoms with Crippen molar-refractivity contribution in [1.29, 1.82) is 0 Å². The molecule has 1 atom stereocenters. The van der Waals surface area contributed by atoms with E-state index >= 15 is 0 Å². The number of fused-ring (bicyclic) bond motifs is 1. The number of aryl methyl sites for hydroxylation is 1. The smallest absolute Gasteiger partial charge is 0.262 e. The lowest BCUT2D eigenvalue weighted by Crippen LogP contribution is -2.34. The molecule has 102 valence electrons. The van der Waals surface area contributed by atoms with Crippen molar-refractivity contribution in [2.45, 2.75) is 26.3 Å². The molecular formula is C15H15N3O2. The van der Waals surface area contributed by atoms with Gasteiger partial charge in [-0.15, -0.1) is 0 Å². The zero-order chi connectivity index (χ0) is 14.3. The summed E-state index contributed by atoms with van der Waals surface area (Å²) in [5.41, 5.74) is 1.93. The maximum Gasteiger partial charge on any atom is 0.262 e. The first-order chi connectivity index (χ1) is 9.63. The van der Waals surface area contributed by atoms with Crippen LogP contribution in [0.25, 0.3) is 0 Å². The number of hydrogen-bond acceptors (Lipinski definition) is 3. The molecule has 0 spiro atoms. The molecule has 0 radical (unpaired) electrons. The molecule has 1 unspecified atom stereocenters. The second-order valence-corrected chi connectivity index (χ2v) is 4.93. The molecule has 2 amide bonds. The summed E-state index contributed by atoms with van der Waals surface area (Å²) in [5.74, 6) is 0.156. The Labute approximate surface area is 116 Å². The van der Waals surface area contributed by atoms with Crippen molar-refractivity contribution in [2.24, 2.45) is 0 Å². The van der Waals surface area contributed by atoms with Crippen LogP contribution in [0.2, 0.25) is 0 Å². The van der Waals surface area contributed by atoms with Crippen LogP contribution in [-0.2, 0) is 0 Å². The third-order valence-corrected chi connectivity index (χ3v) is 3.61. The highest BCUT2D eigenvalue weighted by Gasteiger charge is 2.40. The molecule has 1 aromatic heterocycles. The van der Waals surface area contributed by atoms with E-state index in [1.54, 1.807) is 24.5 Å². The van der Waals surface area contributed by atoms with E-state index in [2.05, 4.69) is 9.97 Å². The molecular weight excluding hydrogens is 254 g/mol. The van der Waals surface area contributed by atoms with E-state index in [9.17, 15) is 9.59 Å². The van der Waals surface area contributed by atoms with Crippen LogP contribution < -0.4 is 0 Å². The summed E-state index contributed by atoms with van der Waals surface area (Å²) in [6.07, 6.45) is 3.94. The number of amides is 2. The first-order valence-electron chi connectivity index (χ1n) is 6.61. The highest BCUT2D eigenvalue weighted by atomic mass is 16.2. The Morgan fingerprint density at radius 3 is 2.65 bits per heavy atom. The largest absolute Gasteiger partial charge is 0.347 e. The van der Waals surface area contributed by atoms with Crippen LogP contribution >= 0.6 is 0 Å². The number of imidazole rings is 1. The van der Waals surface area contributed by atoms with Crippen molar-refractivity contribution in [1.82, 2.24) is 14.9 Å². The lowest BCUT2D eigenvalue weighted by molar-refractivity contribution is 0.0571. The molecule has 1 aromatic carbocycles. The van der Waals surface area contributed by atoms with E-state index in [0.29, 0.717) is 23.4 Å². The lowest BCUT2D eigenvalue weighted by Gasteiger charge is -2.23. The van der Waals surface area contributed by atoms with Crippen LogP contribution in [0, 0.1) is 6.92 Å². The fourth-order valence-electron chi connectivity index (χ4n) is 2.61. The molecule has 20 heavy (non-hydrogen) atoms. The Morgan fingerprint density at radius 1 is 1.25 bits per heavy atom. The van der Waals surface area contributed by atoms with Gasteiger partial charge in [-0.1, -0.05) is 18.6 Å². The van der Waals surface area contributed by atoms with Gasteiger partial charge < -0.3 is 4.98 Å². The molecule has 0 fully saturated rings. The van der Waals surface area contributed by atoms with Crippen LogP contribution in [0.1, 0.15) is 51.5 Å². The van der Waals surface area contributed by atoms with Gasteiger partial charge in [0.05, 0.1) is 17.2 Å². The average Bonchev–Trinajstić information content (AvgIpc) is 3.03. The average molecular weight is 269 g/mol. The van der Waals surface area contributed by atoms with Crippen molar-refractivity contribution in [3.63, 3.8) is 0 Å². The third kappa shape index (κ3) is 1.74. The van der Waals surface area contributed by atoms with Crippen LogP contribution in [-0.4, -0.2) is 26.7 Å². The lowest BCUT2D eigenvalue weighted by atomic mass is 10.1. The molecule has 2 heterocycles. The highest BCUT2D eigenvalue weighted by molar-refractivity contribution is 6.21. The summed E-state index contributed by atoms with van der Waals surface area (Å²) < 4.78 is 0. The number of benzene rings is 1. The van der Waals surface area contributed by atoms with Crippen molar-refractivity contribution in [2.75, 3.05) is 0 Å². The molecule has 0 aliphatic carbocycles. The summed E-state index contributed by atoms with van der Waals surface area (Å²) in [6.45, 7) is 3.84. The minimum atomic E-state index is -0.349. The first-order valence-corrected chi connectivity index (χ1v) is 6.61. The van der Waals surface area contributed by atoms with E-state index in [0.717, 1.165) is 5.56 Å².